The van der Waals surface area contributed by atoms with Crippen LogP contribution < -0.4 is 0 Å². The summed E-state index contributed by atoms with van der Waals surface area (Å²) in [7, 11) is -3.10. The van der Waals surface area contributed by atoms with Crippen LogP contribution in [0.1, 0.15) is 133 Å². The van der Waals surface area contributed by atoms with Crippen molar-refractivity contribution in [2.24, 2.45) is 4.99 Å². The molecule has 0 amide bonds. The molecule has 1 aliphatic heterocycles. The third kappa shape index (κ3) is 13.2. The molecule has 0 spiro atoms. The Morgan fingerprint density at radius 3 is 1.23 bits per heavy atom. The van der Waals surface area contributed by atoms with Crippen LogP contribution in [0.25, 0.3) is 33.5 Å². The van der Waals surface area contributed by atoms with Crippen LogP contribution in [0.2, 0.25) is 0 Å². The van der Waals surface area contributed by atoms with Crippen molar-refractivity contribution < 1.29 is 66.4 Å². The lowest BCUT2D eigenvalue weighted by Gasteiger charge is -2.28. The minimum Gasteiger partial charge on any atom is -0.385 e. The number of benzene rings is 5. The van der Waals surface area contributed by atoms with Gasteiger partial charge in [-0.3, -0.25) is 0 Å². The first kappa shape index (κ1) is 61.2. The number of hydrogen-bond donors (Lipinski definition) is 0. The Hall–Kier alpha value is -6.40. The highest BCUT2D eigenvalue weighted by Crippen LogP contribution is 2.49. The van der Waals surface area contributed by atoms with Crippen molar-refractivity contribution in [2.75, 3.05) is 13.2 Å². The Morgan fingerprint density at radius 2 is 0.838 bits per heavy atom. The van der Waals surface area contributed by atoms with Gasteiger partial charge in [0.2, 0.25) is 0 Å². The fourth-order valence-corrected chi connectivity index (χ4v) is 9.03. The van der Waals surface area contributed by atoms with Gasteiger partial charge in [0.25, 0.3) is 0 Å². The molecule has 0 saturated heterocycles. The van der Waals surface area contributed by atoms with Crippen molar-refractivity contribution in [2.45, 2.75) is 135 Å². The number of nitrogens with zero attached hydrogens (tertiary/aromatic N) is 2. The molecule has 1 aromatic heterocycles. The van der Waals surface area contributed by atoms with E-state index in [1.165, 1.54) is 24.3 Å². The summed E-state index contributed by atoms with van der Waals surface area (Å²) in [6.07, 6.45) is -16.3. The van der Waals surface area contributed by atoms with Gasteiger partial charge in [-0.2, -0.15) is 57.1 Å². The number of aliphatic imine (C=N–C) groups is 1. The van der Waals surface area contributed by atoms with Crippen molar-refractivity contribution in [3.05, 3.63) is 189 Å². The SMILES string of the molecule is CC(C)(C)c1ccc(C2=CC(c3ccc(C(C)(C)C)cc3)=N/C2=C(/c2ccccc2C(F)(F)F)c2c(-c3ccc(C(C)(C)C)cc3)cc(-c3ccc(C(C)(C)C)cc3)n2B(OCC(F)(F)C(F)(F)F)OCC(F)(F)C(F)(F)F)cc1. The Kier molecular flexibility index (Phi) is 16.5. The van der Waals surface area contributed by atoms with Crippen molar-refractivity contribution in [3.63, 3.8) is 0 Å². The smallest absolute Gasteiger partial charge is 0.385 e. The topological polar surface area (TPSA) is 35.8 Å². The molecular formula is C62H62BF13N2O2. The highest BCUT2D eigenvalue weighted by Gasteiger charge is 2.60. The molecule has 5 aromatic carbocycles. The zero-order chi connectivity index (χ0) is 59.6. The number of allylic oxidation sites excluding steroid dienone is 2. The predicted molar refractivity (Wildman–Crippen MR) is 290 cm³/mol. The fourth-order valence-electron chi connectivity index (χ4n) is 9.03. The first-order valence-electron chi connectivity index (χ1n) is 25.6. The molecule has 18 heteroatoms. The van der Waals surface area contributed by atoms with E-state index in [0.29, 0.717) is 21.2 Å². The van der Waals surface area contributed by atoms with Crippen LogP contribution in [0.5, 0.6) is 0 Å². The average molecular weight is 1120 g/mol. The molecule has 0 N–H and O–H groups in total. The average Bonchev–Trinajstić information content (AvgIpc) is 3.96. The highest BCUT2D eigenvalue weighted by atomic mass is 19.4. The molecule has 0 bridgehead atoms. The van der Waals surface area contributed by atoms with Crippen molar-refractivity contribution in [1.82, 2.24) is 4.48 Å². The van der Waals surface area contributed by atoms with E-state index in [0.717, 1.165) is 34.9 Å². The van der Waals surface area contributed by atoms with Gasteiger partial charge in [-0.25, -0.2) is 4.99 Å². The van der Waals surface area contributed by atoms with Crippen LogP contribution in [0.3, 0.4) is 0 Å². The number of halogens is 13. The molecule has 426 valence electrons. The normalized spacial score (nSPS) is 15.1. The molecule has 80 heavy (non-hydrogen) atoms. The van der Waals surface area contributed by atoms with Crippen molar-refractivity contribution in [1.29, 1.82) is 0 Å². The van der Waals surface area contributed by atoms with Gasteiger partial charge in [0.1, 0.15) is 13.2 Å². The lowest BCUT2D eigenvalue weighted by atomic mass is 9.84. The Labute approximate surface area is 458 Å². The second-order valence-electron chi connectivity index (χ2n) is 24.1. The minimum atomic E-state index is -6.36. The quantitative estimate of drug-likeness (QED) is 0.0853. The Morgan fingerprint density at radius 1 is 0.463 bits per heavy atom. The van der Waals surface area contributed by atoms with E-state index in [-0.39, 0.29) is 44.8 Å². The Balaban J connectivity index is 1.76. The van der Waals surface area contributed by atoms with Crippen LogP contribution >= 0.6 is 0 Å². The predicted octanol–water partition coefficient (Wildman–Crippen LogP) is 18.6. The third-order valence-electron chi connectivity index (χ3n) is 13.9. The van der Waals surface area contributed by atoms with Gasteiger partial charge in [-0.15, -0.1) is 0 Å². The van der Waals surface area contributed by atoms with Crippen LogP contribution in [-0.2, 0) is 37.1 Å². The fraction of sp³-hybridized carbons (Fsp3) is 0.371. The second kappa shape index (κ2) is 21.5. The van der Waals surface area contributed by atoms with Crippen molar-refractivity contribution >= 4 is 24.1 Å². The standard InChI is InChI=1S/C62H62BF13N2O2/c1-54(2,3)41-25-17-37(18-26-41)46-33-49(39-21-29-43(30-22-39)56(7,8)9)77-52(46)51(45-15-13-14-16-48(45)60(68,69)70)53-47(38-19-27-42(28-20-38)55(4,5)6)34-50(40-23-31-44(32-24-40)57(10,11)12)78(53)63(79-35-58(64,65)61(71,72)73)80-36-59(66,67)62(74,75)76/h13-34H,35-36H2,1-12H3/b52-51-. The van der Waals surface area contributed by atoms with E-state index in [2.05, 4.69) is 0 Å². The van der Waals surface area contributed by atoms with Gasteiger partial charge >= 0.3 is 37.6 Å². The number of aromatic nitrogens is 1. The van der Waals surface area contributed by atoms with E-state index in [9.17, 15) is 26.3 Å². The molecule has 0 atom stereocenters. The monoisotopic (exact) mass is 1120 g/mol. The first-order chi connectivity index (χ1) is 36.6. The van der Waals surface area contributed by atoms with Crippen LogP contribution in [0.15, 0.2) is 144 Å². The summed E-state index contributed by atoms with van der Waals surface area (Å²) in [5.41, 5.74) is -0.820. The summed E-state index contributed by atoms with van der Waals surface area (Å²) >= 11 is 0. The molecule has 0 unspecified atom stereocenters. The molecule has 0 aliphatic carbocycles. The summed E-state index contributed by atoms with van der Waals surface area (Å²) in [6, 6.07) is 32.4. The van der Waals surface area contributed by atoms with Gasteiger partial charge in [0, 0.05) is 28.0 Å². The number of alkyl halides is 13. The maximum absolute atomic E-state index is 15.9. The molecule has 0 saturated carbocycles. The lowest BCUT2D eigenvalue weighted by molar-refractivity contribution is -0.295. The molecule has 2 heterocycles. The van der Waals surface area contributed by atoms with Gasteiger partial charge in [-0.05, 0) is 84.4 Å². The van der Waals surface area contributed by atoms with E-state index >= 15 is 30.7 Å². The minimum absolute atomic E-state index is 0.0377. The molecule has 0 radical (unpaired) electrons. The molecule has 6 aromatic rings. The highest BCUT2D eigenvalue weighted by molar-refractivity contribution is 6.44. The van der Waals surface area contributed by atoms with Gasteiger partial charge < -0.3 is 13.8 Å². The number of rotatable bonds is 13. The zero-order valence-corrected chi connectivity index (χ0v) is 46.3. The van der Waals surface area contributed by atoms with Gasteiger partial charge in [0.05, 0.1) is 22.7 Å². The van der Waals surface area contributed by atoms with E-state index in [1.54, 1.807) is 78.9 Å². The largest absolute Gasteiger partial charge is 0.598 e. The van der Waals surface area contributed by atoms with E-state index in [4.69, 9.17) is 14.3 Å². The van der Waals surface area contributed by atoms with Gasteiger partial charge in [-0.1, -0.05) is 198 Å². The molecular weight excluding hydrogens is 1060 g/mol. The van der Waals surface area contributed by atoms with Crippen LogP contribution in [-0.4, -0.2) is 54.9 Å². The third-order valence-corrected chi connectivity index (χ3v) is 13.9. The van der Waals surface area contributed by atoms with Crippen molar-refractivity contribution in [3.8, 4) is 22.4 Å². The molecule has 0 fully saturated rings. The number of hydrogen-bond acceptors (Lipinski definition) is 3. The van der Waals surface area contributed by atoms with Gasteiger partial charge in [0.15, 0.2) is 0 Å². The van der Waals surface area contributed by atoms with E-state index < -0.39 is 89.5 Å². The summed E-state index contributed by atoms with van der Waals surface area (Å²) in [5.74, 6) is -11.6. The Bertz CT molecular complexity index is 3250. The zero-order valence-electron chi connectivity index (χ0n) is 46.3. The summed E-state index contributed by atoms with van der Waals surface area (Å²) in [4.78, 5) is 5.10. The van der Waals surface area contributed by atoms with E-state index in [1.807, 2.05) is 95.2 Å². The van der Waals surface area contributed by atoms with Crippen LogP contribution in [0, 0.1) is 0 Å². The maximum atomic E-state index is 15.9. The van der Waals surface area contributed by atoms with Crippen LogP contribution in [0.4, 0.5) is 57.1 Å². The molecule has 7 rings (SSSR count). The summed E-state index contributed by atoms with van der Waals surface area (Å²) in [6.45, 7) is 17.8. The molecule has 4 nitrogen and oxygen atoms in total. The lowest BCUT2D eigenvalue weighted by Crippen LogP contribution is -2.48. The summed E-state index contributed by atoms with van der Waals surface area (Å²) < 4.78 is 204. The first-order valence-corrected chi connectivity index (χ1v) is 25.6. The maximum Gasteiger partial charge on any atom is 0.598 e. The molecule has 1 aliphatic rings. The second-order valence-corrected chi connectivity index (χ2v) is 24.1. The summed E-state index contributed by atoms with van der Waals surface area (Å²) in [5, 5.41) is 0.